The Bertz CT molecular complexity index is 340. The zero-order chi connectivity index (χ0) is 10.0. The third-order valence-corrected chi connectivity index (χ3v) is 4.19. The van der Waals surface area contributed by atoms with E-state index in [0.29, 0.717) is 0 Å². The van der Waals surface area contributed by atoms with E-state index in [0.717, 1.165) is 30.3 Å². The van der Waals surface area contributed by atoms with Gasteiger partial charge in [0.1, 0.15) is 6.29 Å². The van der Waals surface area contributed by atoms with Gasteiger partial charge in [0.15, 0.2) is 0 Å². The van der Waals surface area contributed by atoms with Crippen molar-refractivity contribution in [2.45, 2.75) is 30.0 Å². The number of carbonyl (C=O) groups excluding carboxylic acids is 1. The minimum atomic E-state index is 0.0600. The second kappa shape index (κ2) is 3.85. The topological polar surface area (TPSA) is 17.1 Å². The fourth-order valence-electron chi connectivity index (χ4n) is 2.21. The lowest BCUT2D eigenvalue weighted by molar-refractivity contribution is 0.112. The average Bonchev–Trinajstić information content (AvgIpc) is 2.66. The van der Waals surface area contributed by atoms with Crippen LogP contribution < -0.4 is 0 Å². The first-order valence-electron chi connectivity index (χ1n) is 5.00. The number of aldehydes is 1. The fraction of sp³-hybridized carbons (Fsp3) is 0.417. The van der Waals surface area contributed by atoms with Crippen molar-refractivity contribution in [3.05, 3.63) is 35.4 Å². The van der Waals surface area contributed by atoms with Crippen LogP contribution in [0.15, 0.2) is 24.3 Å². The molecule has 0 bridgehead atoms. The molecule has 0 N–H and O–H groups in total. The first kappa shape index (κ1) is 9.91. The van der Waals surface area contributed by atoms with E-state index >= 15 is 0 Å². The molecule has 0 spiro atoms. The summed E-state index contributed by atoms with van der Waals surface area (Å²) in [6, 6.07) is 7.87. The molecule has 74 valence electrons. The average molecular weight is 253 g/mol. The fourth-order valence-corrected chi connectivity index (χ4v) is 3.13. The van der Waals surface area contributed by atoms with Gasteiger partial charge in [-0.3, -0.25) is 4.79 Å². The molecule has 0 aliphatic heterocycles. The monoisotopic (exact) mass is 252 g/mol. The largest absolute Gasteiger partial charge is 0.298 e. The van der Waals surface area contributed by atoms with Gasteiger partial charge in [0.25, 0.3) is 0 Å². The zero-order valence-corrected chi connectivity index (χ0v) is 9.59. The van der Waals surface area contributed by atoms with Gasteiger partial charge >= 0.3 is 0 Å². The van der Waals surface area contributed by atoms with Crippen LogP contribution in [-0.4, -0.2) is 6.29 Å². The highest BCUT2D eigenvalue weighted by molar-refractivity contribution is 9.09. The van der Waals surface area contributed by atoms with Crippen LogP contribution in [-0.2, 0) is 4.32 Å². The molecule has 1 saturated carbocycles. The molecular formula is C12H13BrO. The summed E-state index contributed by atoms with van der Waals surface area (Å²) in [5, 5.41) is 0. The lowest BCUT2D eigenvalue weighted by Crippen LogP contribution is -2.14. The van der Waals surface area contributed by atoms with E-state index in [1.165, 1.54) is 12.8 Å². The van der Waals surface area contributed by atoms with Crippen molar-refractivity contribution < 1.29 is 4.79 Å². The molecular weight excluding hydrogens is 240 g/mol. The molecule has 1 aliphatic carbocycles. The van der Waals surface area contributed by atoms with Crippen molar-refractivity contribution in [1.29, 1.82) is 0 Å². The number of benzene rings is 1. The van der Waals surface area contributed by atoms with Gasteiger partial charge in [-0.1, -0.05) is 53.0 Å². The van der Waals surface area contributed by atoms with E-state index in [9.17, 15) is 4.79 Å². The minimum absolute atomic E-state index is 0.0600. The van der Waals surface area contributed by atoms with Crippen LogP contribution in [0, 0.1) is 0 Å². The van der Waals surface area contributed by atoms with Gasteiger partial charge in [0, 0.05) is 5.56 Å². The van der Waals surface area contributed by atoms with E-state index in [2.05, 4.69) is 22.0 Å². The minimum Gasteiger partial charge on any atom is -0.298 e. The van der Waals surface area contributed by atoms with Gasteiger partial charge in [-0.15, -0.1) is 0 Å². The second-order valence-corrected chi connectivity index (χ2v) is 5.40. The molecule has 1 aromatic rings. The first-order chi connectivity index (χ1) is 6.76. The number of hydrogen-bond acceptors (Lipinski definition) is 1. The molecule has 0 amide bonds. The molecule has 1 aromatic carbocycles. The smallest absolute Gasteiger partial charge is 0.150 e. The Kier molecular flexibility index (Phi) is 2.73. The van der Waals surface area contributed by atoms with E-state index in [4.69, 9.17) is 0 Å². The molecule has 2 heteroatoms. The number of alkyl halides is 1. The quantitative estimate of drug-likeness (QED) is 0.580. The SMILES string of the molecule is O=Cc1ccccc1C1(Br)CCCC1. The predicted octanol–water partition coefficient (Wildman–Crippen LogP) is 3.66. The van der Waals surface area contributed by atoms with Crippen LogP contribution >= 0.6 is 15.9 Å². The Morgan fingerprint density at radius 3 is 2.50 bits per heavy atom. The molecule has 0 atom stereocenters. The van der Waals surface area contributed by atoms with Gasteiger partial charge in [-0.2, -0.15) is 0 Å². The van der Waals surface area contributed by atoms with Crippen LogP contribution in [0.2, 0.25) is 0 Å². The van der Waals surface area contributed by atoms with Crippen LogP contribution in [0.3, 0.4) is 0 Å². The predicted molar refractivity (Wildman–Crippen MR) is 60.9 cm³/mol. The summed E-state index contributed by atoms with van der Waals surface area (Å²) in [6.45, 7) is 0. The zero-order valence-electron chi connectivity index (χ0n) is 8.00. The highest BCUT2D eigenvalue weighted by atomic mass is 79.9. The molecule has 1 nitrogen and oxygen atoms in total. The third kappa shape index (κ3) is 1.63. The Balaban J connectivity index is 2.43. The van der Waals surface area contributed by atoms with E-state index < -0.39 is 0 Å². The first-order valence-corrected chi connectivity index (χ1v) is 5.79. The summed E-state index contributed by atoms with van der Waals surface area (Å²) in [7, 11) is 0. The molecule has 0 radical (unpaired) electrons. The lowest BCUT2D eigenvalue weighted by atomic mass is 9.93. The number of hydrogen-bond donors (Lipinski definition) is 0. The number of halogens is 1. The standard InChI is InChI=1S/C12H13BrO/c13-12(7-3-4-8-12)11-6-2-1-5-10(11)9-14/h1-2,5-6,9H,3-4,7-8H2. The Hall–Kier alpha value is -0.630. The van der Waals surface area contributed by atoms with Gasteiger partial charge in [0.05, 0.1) is 4.32 Å². The van der Waals surface area contributed by atoms with Crippen LogP contribution in [0.5, 0.6) is 0 Å². The highest BCUT2D eigenvalue weighted by Gasteiger charge is 2.34. The lowest BCUT2D eigenvalue weighted by Gasteiger charge is -2.23. The third-order valence-electron chi connectivity index (χ3n) is 2.97. The van der Waals surface area contributed by atoms with Crippen molar-refractivity contribution >= 4 is 22.2 Å². The Morgan fingerprint density at radius 1 is 1.21 bits per heavy atom. The van der Waals surface area contributed by atoms with Crippen molar-refractivity contribution in [2.75, 3.05) is 0 Å². The van der Waals surface area contributed by atoms with Crippen molar-refractivity contribution in [3.63, 3.8) is 0 Å². The van der Waals surface area contributed by atoms with E-state index in [1.807, 2.05) is 18.2 Å². The number of rotatable bonds is 2. The molecule has 1 aliphatic rings. The summed E-state index contributed by atoms with van der Waals surface area (Å²) in [4.78, 5) is 10.9. The van der Waals surface area contributed by atoms with E-state index in [-0.39, 0.29) is 4.32 Å². The van der Waals surface area contributed by atoms with Gasteiger partial charge in [-0.05, 0) is 18.4 Å². The molecule has 1 fully saturated rings. The normalized spacial score (nSPS) is 19.5. The Labute approximate surface area is 92.6 Å². The molecule has 14 heavy (non-hydrogen) atoms. The van der Waals surface area contributed by atoms with E-state index in [1.54, 1.807) is 0 Å². The van der Waals surface area contributed by atoms with Crippen LogP contribution in [0.4, 0.5) is 0 Å². The van der Waals surface area contributed by atoms with Crippen molar-refractivity contribution in [1.82, 2.24) is 0 Å². The summed E-state index contributed by atoms with van der Waals surface area (Å²) in [5.74, 6) is 0. The maximum Gasteiger partial charge on any atom is 0.150 e. The van der Waals surface area contributed by atoms with Gasteiger partial charge in [0.2, 0.25) is 0 Å². The number of carbonyl (C=O) groups is 1. The van der Waals surface area contributed by atoms with Crippen LogP contribution in [0.1, 0.15) is 41.6 Å². The molecule has 0 saturated heterocycles. The molecule has 0 aromatic heterocycles. The van der Waals surface area contributed by atoms with Gasteiger partial charge < -0.3 is 0 Å². The maximum atomic E-state index is 10.9. The van der Waals surface area contributed by atoms with Crippen molar-refractivity contribution in [3.8, 4) is 0 Å². The second-order valence-electron chi connectivity index (χ2n) is 3.88. The van der Waals surface area contributed by atoms with Crippen LogP contribution in [0.25, 0.3) is 0 Å². The summed E-state index contributed by atoms with van der Waals surface area (Å²) >= 11 is 3.79. The summed E-state index contributed by atoms with van der Waals surface area (Å²) in [6.07, 6.45) is 5.73. The maximum absolute atomic E-state index is 10.9. The van der Waals surface area contributed by atoms with Crippen molar-refractivity contribution in [2.24, 2.45) is 0 Å². The highest BCUT2D eigenvalue weighted by Crippen LogP contribution is 2.47. The molecule has 0 heterocycles. The molecule has 0 unspecified atom stereocenters. The summed E-state index contributed by atoms with van der Waals surface area (Å²) in [5.41, 5.74) is 1.98. The van der Waals surface area contributed by atoms with Gasteiger partial charge in [-0.25, -0.2) is 0 Å². The summed E-state index contributed by atoms with van der Waals surface area (Å²) < 4.78 is 0.0600. The Morgan fingerprint density at radius 2 is 1.86 bits per heavy atom. The molecule has 2 rings (SSSR count).